The van der Waals surface area contributed by atoms with Gasteiger partial charge in [0.1, 0.15) is 0 Å². The summed E-state index contributed by atoms with van der Waals surface area (Å²) in [7, 11) is 0. The molecule has 25 heavy (non-hydrogen) atoms. The molecule has 0 radical (unpaired) electrons. The number of likely N-dealkylation sites (tertiary alicyclic amines) is 1. The fourth-order valence-electron chi connectivity index (χ4n) is 4.37. The quantitative estimate of drug-likeness (QED) is 0.726. The average molecular weight is 341 g/mol. The Bertz CT molecular complexity index is 560. The van der Waals surface area contributed by atoms with Crippen molar-refractivity contribution >= 4 is 5.91 Å². The summed E-state index contributed by atoms with van der Waals surface area (Å²) >= 11 is 0. The van der Waals surface area contributed by atoms with Gasteiger partial charge in [-0.05, 0) is 48.8 Å². The molecule has 2 saturated carbocycles. The Morgan fingerprint density at radius 2 is 1.80 bits per heavy atom. The number of pyridine rings is 1. The second kappa shape index (κ2) is 7.86. The van der Waals surface area contributed by atoms with Crippen molar-refractivity contribution in [2.24, 2.45) is 11.8 Å². The first-order valence-electron chi connectivity index (χ1n) is 10.2. The third kappa shape index (κ3) is 4.60. The molecule has 4 rings (SSSR count). The van der Waals surface area contributed by atoms with Crippen molar-refractivity contribution in [1.82, 2.24) is 14.8 Å². The van der Waals surface area contributed by atoms with E-state index in [1.165, 1.54) is 50.6 Å². The molecule has 1 aromatic heterocycles. The molecule has 1 saturated heterocycles. The minimum absolute atomic E-state index is 0.387. The number of hydrogen-bond acceptors (Lipinski definition) is 3. The van der Waals surface area contributed by atoms with Crippen LogP contribution in [0.15, 0.2) is 24.5 Å². The van der Waals surface area contributed by atoms with Crippen LogP contribution in [0.2, 0.25) is 0 Å². The van der Waals surface area contributed by atoms with Gasteiger partial charge in [0, 0.05) is 51.0 Å². The Labute approximate surface area is 151 Å². The van der Waals surface area contributed by atoms with Crippen LogP contribution in [0.1, 0.15) is 56.9 Å². The average Bonchev–Trinajstić information content (AvgIpc) is 3.24. The van der Waals surface area contributed by atoms with Gasteiger partial charge < -0.3 is 4.90 Å². The first kappa shape index (κ1) is 17.0. The van der Waals surface area contributed by atoms with E-state index in [-0.39, 0.29) is 0 Å². The van der Waals surface area contributed by atoms with E-state index in [0.29, 0.717) is 11.9 Å². The second-order valence-electron chi connectivity index (χ2n) is 8.37. The number of hydrogen-bond donors (Lipinski definition) is 0. The lowest BCUT2D eigenvalue weighted by atomic mass is 9.99. The molecule has 3 fully saturated rings. The molecule has 1 amide bonds. The van der Waals surface area contributed by atoms with Crippen LogP contribution < -0.4 is 0 Å². The standard InChI is InChI=1S/C21H31N3O/c25-21(8-7-17-3-1-2-4-17)24-15-20(16-24)23(13-18-5-6-18)14-19-9-11-22-12-10-19/h9-12,17-18,20H,1-8,13-16H2. The maximum atomic E-state index is 12.4. The van der Waals surface area contributed by atoms with Crippen LogP contribution in [0.4, 0.5) is 0 Å². The number of amides is 1. The molecule has 0 spiro atoms. The van der Waals surface area contributed by atoms with Crippen LogP contribution in [0, 0.1) is 11.8 Å². The fraction of sp³-hybridized carbons (Fsp3) is 0.714. The van der Waals surface area contributed by atoms with Crippen molar-refractivity contribution in [3.63, 3.8) is 0 Å². The van der Waals surface area contributed by atoms with E-state index in [1.54, 1.807) is 0 Å². The van der Waals surface area contributed by atoms with Gasteiger partial charge in [-0.25, -0.2) is 0 Å². The molecule has 1 aliphatic heterocycles. The lowest BCUT2D eigenvalue weighted by Gasteiger charge is -2.46. The number of carbonyl (C=O) groups excluding carboxylic acids is 1. The molecule has 1 aromatic rings. The van der Waals surface area contributed by atoms with Crippen molar-refractivity contribution < 1.29 is 4.79 Å². The predicted molar refractivity (Wildman–Crippen MR) is 98.9 cm³/mol. The molecule has 0 bridgehead atoms. The van der Waals surface area contributed by atoms with E-state index in [0.717, 1.165) is 44.3 Å². The summed E-state index contributed by atoms with van der Waals surface area (Å²) in [5.74, 6) is 2.09. The summed E-state index contributed by atoms with van der Waals surface area (Å²) in [6, 6.07) is 4.77. The highest BCUT2D eigenvalue weighted by Gasteiger charge is 2.37. The molecule has 4 nitrogen and oxygen atoms in total. The molecule has 136 valence electrons. The molecular weight excluding hydrogens is 310 g/mol. The van der Waals surface area contributed by atoms with Gasteiger partial charge in [0.05, 0.1) is 0 Å². The lowest BCUT2D eigenvalue weighted by molar-refractivity contribution is -0.139. The summed E-state index contributed by atoms with van der Waals surface area (Å²) in [5.41, 5.74) is 1.33. The lowest BCUT2D eigenvalue weighted by Crippen LogP contribution is -2.61. The highest BCUT2D eigenvalue weighted by Crippen LogP contribution is 2.33. The number of rotatable bonds is 8. The normalized spacial score (nSPS) is 21.7. The maximum Gasteiger partial charge on any atom is 0.222 e. The Kier molecular flexibility index (Phi) is 5.35. The Balaban J connectivity index is 1.25. The summed E-state index contributed by atoms with van der Waals surface area (Å²) in [5, 5.41) is 0. The van der Waals surface area contributed by atoms with Gasteiger partial charge in [-0.15, -0.1) is 0 Å². The SMILES string of the molecule is O=C(CCC1CCCC1)N1CC(N(Cc2ccncc2)CC2CC2)C1. The van der Waals surface area contributed by atoms with Crippen LogP contribution in [0.25, 0.3) is 0 Å². The van der Waals surface area contributed by atoms with Crippen LogP contribution in [-0.4, -0.2) is 46.4 Å². The minimum Gasteiger partial charge on any atom is -0.339 e. The largest absolute Gasteiger partial charge is 0.339 e. The summed E-state index contributed by atoms with van der Waals surface area (Å²) in [6.45, 7) is 4.05. The van der Waals surface area contributed by atoms with Crippen LogP contribution in [-0.2, 0) is 11.3 Å². The Hall–Kier alpha value is -1.42. The molecular formula is C21H31N3O. The van der Waals surface area contributed by atoms with Gasteiger partial charge in [0.15, 0.2) is 0 Å². The fourth-order valence-corrected chi connectivity index (χ4v) is 4.37. The third-order valence-corrected chi connectivity index (χ3v) is 6.30. The number of aromatic nitrogens is 1. The van der Waals surface area contributed by atoms with Gasteiger partial charge in [0.2, 0.25) is 5.91 Å². The Morgan fingerprint density at radius 1 is 1.08 bits per heavy atom. The van der Waals surface area contributed by atoms with Gasteiger partial charge in [-0.3, -0.25) is 14.7 Å². The van der Waals surface area contributed by atoms with Crippen molar-refractivity contribution in [1.29, 1.82) is 0 Å². The van der Waals surface area contributed by atoms with Crippen molar-refractivity contribution in [3.8, 4) is 0 Å². The van der Waals surface area contributed by atoms with E-state index in [9.17, 15) is 4.79 Å². The highest BCUT2D eigenvalue weighted by molar-refractivity contribution is 5.77. The summed E-state index contributed by atoms with van der Waals surface area (Å²) in [6.07, 6.45) is 13.8. The van der Waals surface area contributed by atoms with Gasteiger partial charge in [-0.1, -0.05) is 25.7 Å². The highest BCUT2D eigenvalue weighted by atomic mass is 16.2. The van der Waals surface area contributed by atoms with Crippen LogP contribution in [0.5, 0.6) is 0 Å². The molecule has 4 heteroatoms. The topological polar surface area (TPSA) is 36.4 Å². The second-order valence-corrected chi connectivity index (χ2v) is 8.37. The summed E-state index contributed by atoms with van der Waals surface area (Å²) in [4.78, 5) is 21.3. The number of carbonyl (C=O) groups is 1. The van der Waals surface area contributed by atoms with Crippen molar-refractivity contribution in [2.75, 3.05) is 19.6 Å². The van der Waals surface area contributed by atoms with Gasteiger partial charge in [-0.2, -0.15) is 0 Å². The molecule has 2 aliphatic carbocycles. The first-order chi connectivity index (χ1) is 12.3. The zero-order valence-corrected chi connectivity index (χ0v) is 15.3. The monoisotopic (exact) mass is 341 g/mol. The zero-order valence-electron chi connectivity index (χ0n) is 15.3. The molecule has 0 unspecified atom stereocenters. The van der Waals surface area contributed by atoms with E-state index >= 15 is 0 Å². The zero-order chi connectivity index (χ0) is 17.1. The van der Waals surface area contributed by atoms with Gasteiger partial charge in [0.25, 0.3) is 0 Å². The molecule has 0 N–H and O–H groups in total. The summed E-state index contributed by atoms with van der Waals surface area (Å²) < 4.78 is 0. The molecule has 2 heterocycles. The molecule has 0 aromatic carbocycles. The van der Waals surface area contributed by atoms with E-state index in [4.69, 9.17) is 0 Å². The van der Waals surface area contributed by atoms with Crippen LogP contribution in [0.3, 0.4) is 0 Å². The third-order valence-electron chi connectivity index (χ3n) is 6.30. The molecule has 3 aliphatic rings. The molecule has 0 atom stereocenters. The predicted octanol–water partition coefficient (Wildman–Crippen LogP) is 3.47. The van der Waals surface area contributed by atoms with E-state index in [1.807, 2.05) is 12.4 Å². The minimum atomic E-state index is 0.387. The first-order valence-corrected chi connectivity index (χ1v) is 10.2. The van der Waals surface area contributed by atoms with E-state index < -0.39 is 0 Å². The van der Waals surface area contributed by atoms with E-state index in [2.05, 4.69) is 26.9 Å². The van der Waals surface area contributed by atoms with Crippen molar-refractivity contribution in [2.45, 2.75) is 64.0 Å². The number of nitrogens with zero attached hydrogens (tertiary/aromatic N) is 3. The smallest absolute Gasteiger partial charge is 0.222 e. The van der Waals surface area contributed by atoms with Gasteiger partial charge >= 0.3 is 0 Å². The maximum absolute atomic E-state index is 12.4. The Morgan fingerprint density at radius 3 is 2.48 bits per heavy atom. The van der Waals surface area contributed by atoms with Crippen molar-refractivity contribution in [3.05, 3.63) is 30.1 Å². The van der Waals surface area contributed by atoms with Crippen LogP contribution >= 0.6 is 0 Å².